The van der Waals surface area contributed by atoms with Crippen LogP contribution in [0.4, 0.5) is 0 Å². The summed E-state index contributed by atoms with van der Waals surface area (Å²) in [6, 6.07) is 8.47. The van der Waals surface area contributed by atoms with E-state index < -0.39 is 0 Å². The lowest BCUT2D eigenvalue weighted by Crippen LogP contribution is -2.21. The van der Waals surface area contributed by atoms with Crippen molar-refractivity contribution in [3.05, 3.63) is 52.8 Å². The summed E-state index contributed by atoms with van der Waals surface area (Å²) < 4.78 is 1.75. The number of Topliss-reactive ketones (excluding diaryl/α,β-unsaturated/α-hetero) is 1. The topological polar surface area (TPSA) is 60.1 Å². The van der Waals surface area contributed by atoms with Gasteiger partial charge in [0.05, 0.1) is 11.3 Å². The summed E-state index contributed by atoms with van der Waals surface area (Å²) in [4.78, 5) is 21.0. The van der Waals surface area contributed by atoms with Gasteiger partial charge >= 0.3 is 0 Å². The van der Waals surface area contributed by atoms with Gasteiger partial charge < -0.3 is 0 Å². The number of aryl methyl sites for hydroxylation is 1. The van der Waals surface area contributed by atoms with E-state index in [9.17, 15) is 4.79 Å². The third-order valence-electron chi connectivity index (χ3n) is 4.31. The van der Waals surface area contributed by atoms with E-state index in [4.69, 9.17) is 0 Å². The van der Waals surface area contributed by atoms with Gasteiger partial charge in [0.15, 0.2) is 5.78 Å². The van der Waals surface area contributed by atoms with Gasteiger partial charge in [-0.05, 0) is 24.8 Å². The largest absolute Gasteiger partial charge is 0.294 e. The standard InChI is InChI=1S/C18H18N4OS/c1-11-3-5-13(6-4-11)10-24-18-20-17-19-9-14-15(22(17)21-18)7-12(2)8-16(14)23/h3-6,9,12H,7-8,10H2,1-2H3. The molecule has 0 saturated heterocycles. The Labute approximate surface area is 144 Å². The second kappa shape index (κ2) is 6.02. The van der Waals surface area contributed by atoms with Gasteiger partial charge in [-0.3, -0.25) is 4.79 Å². The van der Waals surface area contributed by atoms with Crippen LogP contribution in [0, 0.1) is 12.8 Å². The van der Waals surface area contributed by atoms with Crippen molar-refractivity contribution in [2.45, 2.75) is 37.6 Å². The Morgan fingerprint density at radius 3 is 2.83 bits per heavy atom. The SMILES string of the molecule is Cc1ccc(CSc2nc3ncc4c(n3n2)CC(C)CC4=O)cc1. The molecular formula is C18H18N4OS. The highest BCUT2D eigenvalue weighted by atomic mass is 32.2. The van der Waals surface area contributed by atoms with Gasteiger partial charge in [0, 0.05) is 18.4 Å². The smallest absolute Gasteiger partial charge is 0.253 e. The van der Waals surface area contributed by atoms with Crippen molar-refractivity contribution in [3.8, 4) is 0 Å². The van der Waals surface area contributed by atoms with E-state index in [-0.39, 0.29) is 5.78 Å². The fourth-order valence-corrected chi connectivity index (χ4v) is 3.79. The van der Waals surface area contributed by atoms with Crippen molar-refractivity contribution < 1.29 is 4.79 Å². The molecule has 1 unspecified atom stereocenters. The van der Waals surface area contributed by atoms with Crippen molar-refractivity contribution in [1.82, 2.24) is 19.6 Å². The first kappa shape index (κ1) is 15.3. The maximum Gasteiger partial charge on any atom is 0.253 e. The highest BCUT2D eigenvalue weighted by Gasteiger charge is 2.26. The average Bonchev–Trinajstić information content (AvgIpc) is 2.98. The molecule has 6 heteroatoms. The molecule has 1 aromatic carbocycles. The fourth-order valence-electron chi connectivity index (χ4n) is 3.01. The van der Waals surface area contributed by atoms with Gasteiger partial charge in [-0.25, -0.2) is 4.98 Å². The molecule has 0 N–H and O–H groups in total. The van der Waals surface area contributed by atoms with E-state index in [0.29, 0.717) is 28.8 Å². The lowest BCUT2D eigenvalue weighted by Gasteiger charge is -2.19. The van der Waals surface area contributed by atoms with E-state index in [0.717, 1.165) is 17.9 Å². The second-order valence-corrected chi connectivity index (χ2v) is 7.38. The van der Waals surface area contributed by atoms with E-state index in [2.05, 4.69) is 53.2 Å². The Morgan fingerprint density at radius 2 is 2.04 bits per heavy atom. The molecule has 0 fully saturated rings. The van der Waals surface area contributed by atoms with E-state index >= 15 is 0 Å². The fraction of sp³-hybridized carbons (Fsp3) is 0.333. The van der Waals surface area contributed by atoms with Crippen LogP contribution in [0.25, 0.3) is 5.78 Å². The minimum atomic E-state index is 0.155. The van der Waals surface area contributed by atoms with Gasteiger partial charge in [0.1, 0.15) is 0 Å². The lowest BCUT2D eigenvalue weighted by atomic mass is 9.88. The second-order valence-electron chi connectivity index (χ2n) is 6.44. The van der Waals surface area contributed by atoms with Crippen molar-refractivity contribution in [2.24, 2.45) is 5.92 Å². The first-order valence-electron chi connectivity index (χ1n) is 8.06. The molecule has 1 atom stereocenters. The number of ketones is 1. The van der Waals surface area contributed by atoms with E-state index in [1.54, 1.807) is 22.5 Å². The van der Waals surface area contributed by atoms with Gasteiger partial charge in [-0.15, -0.1) is 5.10 Å². The zero-order chi connectivity index (χ0) is 16.7. The Balaban J connectivity index is 1.62. The minimum absolute atomic E-state index is 0.155. The molecule has 0 saturated carbocycles. The Bertz CT molecular complexity index is 917. The highest BCUT2D eigenvalue weighted by molar-refractivity contribution is 7.98. The number of fused-ring (bicyclic) bond motifs is 3. The first-order chi connectivity index (χ1) is 11.6. The van der Waals surface area contributed by atoms with E-state index in [1.807, 2.05) is 0 Å². The van der Waals surface area contributed by atoms with Crippen LogP contribution >= 0.6 is 11.8 Å². The number of nitrogens with zero attached hydrogens (tertiary/aromatic N) is 4. The number of carbonyl (C=O) groups excluding carboxylic acids is 1. The van der Waals surface area contributed by atoms with Crippen molar-refractivity contribution in [3.63, 3.8) is 0 Å². The van der Waals surface area contributed by atoms with Crippen LogP contribution in [0.1, 0.15) is 40.5 Å². The number of carbonyl (C=O) groups is 1. The molecule has 0 radical (unpaired) electrons. The summed E-state index contributed by atoms with van der Waals surface area (Å²) >= 11 is 1.59. The third-order valence-corrected chi connectivity index (χ3v) is 5.22. The highest BCUT2D eigenvalue weighted by Crippen LogP contribution is 2.26. The van der Waals surface area contributed by atoms with Gasteiger partial charge in [0.25, 0.3) is 5.78 Å². The van der Waals surface area contributed by atoms with Crippen LogP contribution in [0.3, 0.4) is 0 Å². The Morgan fingerprint density at radius 1 is 1.25 bits per heavy atom. The molecule has 0 spiro atoms. The van der Waals surface area contributed by atoms with Crippen LogP contribution in [-0.2, 0) is 12.2 Å². The summed E-state index contributed by atoms with van der Waals surface area (Å²) in [7, 11) is 0. The predicted molar refractivity (Wildman–Crippen MR) is 93.3 cm³/mol. The zero-order valence-corrected chi connectivity index (χ0v) is 14.5. The molecule has 0 amide bonds. The summed E-state index contributed by atoms with van der Waals surface area (Å²) in [5.41, 5.74) is 4.13. The molecule has 0 bridgehead atoms. The van der Waals surface area contributed by atoms with Crippen LogP contribution < -0.4 is 0 Å². The molecule has 0 aliphatic heterocycles. The molecule has 2 aromatic heterocycles. The molecule has 5 nitrogen and oxygen atoms in total. The number of hydrogen-bond donors (Lipinski definition) is 0. The molecule has 24 heavy (non-hydrogen) atoms. The maximum atomic E-state index is 12.2. The summed E-state index contributed by atoms with van der Waals surface area (Å²) in [6.07, 6.45) is 3.08. The molecule has 1 aliphatic rings. The number of hydrogen-bond acceptors (Lipinski definition) is 5. The maximum absolute atomic E-state index is 12.2. The van der Waals surface area contributed by atoms with Crippen LogP contribution in [-0.4, -0.2) is 25.4 Å². The van der Waals surface area contributed by atoms with Crippen molar-refractivity contribution in [1.29, 1.82) is 0 Å². The molecule has 3 aromatic rings. The number of aromatic nitrogens is 4. The Hall–Kier alpha value is -2.21. The number of thioether (sulfide) groups is 1. The van der Waals surface area contributed by atoms with Gasteiger partial charge in [-0.2, -0.15) is 9.50 Å². The summed E-state index contributed by atoms with van der Waals surface area (Å²) in [5.74, 6) is 1.88. The summed E-state index contributed by atoms with van der Waals surface area (Å²) in [6.45, 7) is 4.18. The molecule has 4 rings (SSSR count). The van der Waals surface area contributed by atoms with Crippen molar-refractivity contribution >= 4 is 23.3 Å². The normalized spacial score (nSPS) is 17.2. The number of benzene rings is 1. The number of rotatable bonds is 3. The van der Waals surface area contributed by atoms with E-state index in [1.165, 1.54) is 11.1 Å². The molecular weight excluding hydrogens is 320 g/mol. The zero-order valence-electron chi connectivity index (χ0n) is 13.7. The van der Waals surface area contributed by atoms with Crippen LogP contribution in [0.5, 0.6) is 0 Å². The predicted octanol–water partition coefficient (Wildman–Crippen LogP) is 3.49. The lowest BCUT2D eigenvalue weighted by molar-refractivity contribution is 0.0951. The van der Waals surface area contributed by atoms with Crippen LogP contribution in [0.2, 0.25) is 0 Å². The average molecular weight is 338 g/mol. The van der Waals surface area contributed by atoms with Crippen LogP contribution in [0.15, 0.2) is 35.6 Å². The molecule has 1 aliphatic carbocycles. The van der Waals surface area contributed by atoms with Crippen molar-refractivity contribution in [2.75, 3.05) is 0 Å². The third kappa shape index (κ3) is 2.82. The monoisotopic (exact) mass is 338 g/mol. The Kier molecular flexibility index (Phi) is 3.84. The van der Waals surface area contributed by atoms with Gasteiger partial charge in [0.2, 0.25) is 5.16 Å². The quantitative estimate of drug-likeness (QED) is 0.684. The summed E-state index contributed by atoms with van der Waals surface area (Å²) in [5, 5.41) is 5.28. The molecule has 2 heterocycles. The van der Waals surface area contributed by atoms with Gasteiger partial charge in [-0.1, -0.05) is 48.5 Å². The minimum Gasteiger partial charge on any atom is -0.294 e. The molecule has 122 valence electrons. The first-order valence-corrected chi connectivity index (χ1v) is 9.05.